The van der Waals surface area contributed by atoms with Crippen LogP contribution in [0.3, 0.4) is 0 Å². The number of hydrogen-bond donors (Lipinski definition) is 2. The number of rotatable bonds is 5. The first kappa shape index (κ1) is 21.1. The van der Waals surface area contributed by atoms with E-state index in [-0.39, 0.29) is 38.9 Å². The second-order valence-corrected chi connectivity index (χ2v) is 7.91. The molecule has 0 saturated heterocycles. The normalized spacial score (nSPS) is 13.0. The SMILES string of the molecule is O=C(Nc1cc(C(=O)NC2CC2)ccc1Cl)c1ccc(=O)n(-c2c(F)cccc2Cl)c1. The maximum absolute atomic E-state index is 14.3. The number of anilines is 1. The Bertz CT molecular complexity index is 1230. The van der Waals surface area contributed by atoms with Crippen molar-refractivity contribution in [2.45, 2.75) is 18.9 Å². The smallest absolute Gasteiger partial charge is 0.257 e. The van der Waals surface area contributed by atoms with E-state index >= 15 is 0 Å². The summed E-state index contributed by atoms with van der Waals surface area (Å²) in [6.45, 7) is 0. The molecule has 2 N–H and O–H groups in total. The third kappa shape index (κ3) is 4.62. The van der Waals surface area contributed by atoms with Crippen molar-refractivity contribution < 1.29 is 14.0 Å². The third-order valence-electron chi connectivity index (χ3n) is 4.74. The van der Waals surface area contributed by atoms with Gasteiger partial charge in [0.25, 0.3) is 17.4 Å². The Labute approximate surface area is 186 Å². The topological polar surface area (TPSA) is 80.2 Å². The Morgan fingerprint density at radius 3 is 2.42 bits per heavy atom. The first-order valence-corrected chi connectivity index (χ1v) is 10.2. The lowest BCUT2D eigenvalue weighted by Crippen LogP contribution is -2.25. The van der Waals surface area contributed by atoms with E-state index in [2.05, 4.69) is 10.6 Å². The quantitative estimate of drug-likeness (QED) is 0.592. The number of hydrogen-bond acceptors (Lipinski definition) is 3. The summed E-state index contributed by atoms with van der Waals surface area (Å²) >= 11 is 12.2. The van der Waals surface area contributed by atoms with Crippen molar-refractivity contribution >= 4 is 40.7 Å². The summed E-state index contributed by atoms with van der Waals surface area (Å²) in [6, 6.07) is 11.2. The summed E-state index contributed by atoms with van der Waals surface area (Å²) in [6.07, 6.45) is 3.09. The fourth-order valence-electron chi connectivity index (χ4n) is 2.97. The van der Waals surface area contributed by atoms with Crippen LogP contribution in [0, 0.1) is 5.82 Å². The summed E-state index contributed by atoms with van der Waals surface area (Å²) in [5.41, 5.74) is -0.0461. The standard InChI is InChI=1S/C22H16Cl2FN3O3/c23-15-8-4-12(21(30)26-14-6-7-14)10-18(15)27-22(31)13-5-9-19(29)28(11-13)20-16(24)2-1-3-17(20)25/h1-5,8-11,14H,6-7H2,(H,26,30)(H,27,31). The van der Waals surface area contributed by atoms with E-state index in [1.54, 1.807) is 6.07 Å². The van der Waals surface area contributed by atoms with E-state index in [1.807, 2.05) is 0 Å². The Hall–Kier alpha value is -3.16. The minimum atomic E-state index is -0.704. The van der Waals surface area contributed by atoms with Gasteiger partial charge in [-0.25, -0.2) is 4.39 Å². The van der Waals surface area contributed by atoms with Crippen molar-refractivity contribution in [1.82, 2.24) is 9.88 Å². The van der Waals surface area contributed by atoms with Crippen LogP contribution in [0.1, 0.15) is 33.6 Å². The van der Waals surface area contributed by atoms with Gasteiger partial charge in [-0.3, -0.25) is 19.0 Å². The number of aromatic nitrogens is 1. The van der Waals surface area contributed by atoms with Crippen molar-refractivity contribution in [1.29, 1.82) is 0 Å². The zero-order chi connectivity index (χ0) is 22.1. The zero-order valence-electron chi connectivity index (χ0n) is 16.0. The molecule has 6 nitrogen and oxygen atoms in total. The molecule has 1 aromatic heterocycles. The van der Waals surface area contributed by atoms with Gasteiger partial charge in [-0.05, 0) is 49.2 Å². The van der Waals surface area contributed by atoms with Crippen molar-refractivity contribution in [2.75, 3.05) is 5.32 Å². The molecule has 1 aliphatic carbocycles. The second-order valence-electron chi connectivity index (χ2n) is 7.09. The molecular weight excluding hydrogens is 444 g/mol. The van der Waals surface area contributed by atoms with E-state index in [4.69, 9.17) is 23.2 Å². The number of halogens is 3. The Morgan fingerprint density at radius 1 is 0.968 bits per heavy atom. The monoisotopic (exact) mass is 459 g/mol. The van der Waals surface area contributed by atoms with Crippen molar-refractivity contribution in [2.24, 2.45) is 0 Å². The number of nitrogens with one attached hydrogen (secondary N) is 2. The van der Waals surface area contributed by atoms with Crippen LogP contribution in [0.25, 0.3) is 5.69 Å². The molecule has 31 heavy (non-hydrogen) atoms. The Balaban J connectivity index is 1.62. The highest BCUT2D eigenvalue weighted by molar-refractivity contribution is 6.34. The first-order valence-electron chi connectivity index (χ1n) is 9.42. The highest BCUT2D eigenvalue weighted by Gasteiger charge is 2.24. The van der Waals surface area contributed by atoms with Gasteiger partial charge >= 0.3 is 0 Å². The van der Waals surface area contributed by atoms with Crippen LogP contribution >= 0.6 is 23.2 Å². The van der Waals surface area contributed by atoms with Crippen LogP contribution in [-0.2, 0) is 0 Å². The van der Waals surface area contributed by atoms with Gasteiger partial charge in [-0.15, -0.1) is 0 Å². The molecule has 0 radical (unpaired) electrons. The van der Waals surface area contributed by atoms with Gasteiger partial charge in [0, 0.05) is 23.9 Å². The molecule has 1 fully saturated rings. The number of pyridine rings is 1. The number of nitrogens with zero attached hydrogens (tertiary/aromatic N) is 1. The Morgan fingerprint density at radius 2 is 1.71 bits per heavy atom. The molecule has 0 bridgehead atoms. The maximum atomic E-state index is 14.3. The molecular formula is C22H16Cl2FN3O3. The summed E-state index contributed by atoms with van der Waals surface area (Å²) < 4.78 is 15.2. The first-order chi connectivity index (χ1) is 14.8. The predicted octanol–water partition coefficient (Wildman–Crippen LogP) is 4.43. The lowest BCUT2D eigenvalue weighted by molar-refractivity contribution is 0.0949. The maximum Gasteiger partial charge on any atom is 0.257 e. The molecule has 0 atom stereocenters. The molecule has 4 rings (SSSR count). The molecule has 0 unspecified atom stereocenters. The fraction of sp³-hybridized carbons (Fsp3) is 0.136. The van der Waals surface area contributed by atoms with Crippen LogP contribution in [0.2, 0.25) is 10.0 Å². The average molecular weight is 460 g/mol. The Kier molecular flexibility index (Phi) is 5.80. The molecule has 2 amide bonds. The van der Waals surface area contributed by atoms with Crippen molar-refractivity contribution in [3.8, 4) is 5.69 Å². The second kappa shape index (κ2) is 8.53. The number of carbonyl (C=O) groups excluding carboxylic acids is 2. The summed E-state index contributed by atoms with van der Waals surface area (Å²) in [4.78, 5) is 37.3. The molecule has 0 spiro atoms. The summed E-state index contributed by atoms with van der Waals surface area (Å²) in [7, 11) is 0. The molecule has 158 valence electrons. The number of amides is 2. The van der Waals surface area contributed by atoms with Crippen LogP contribution in [0.5, 0.6) is 0 Å². The average Bonchev–Trinajstić information content (AvgIpc) is 3.54. The minimum absolute atomic E-state index is 0.0251. The van der Waals surface area contributed by atoms with Gasteiger partial charge < -0.3 is 10.6 Å². The van der Waals surface area contributed by atoms with E-state index in [0.717, 1.165) is 23.5 Å². The molecule has 1 heterocycles. The highest BCUT2D eigenvalue weighted by atomic mass is 35.5. The lowest BCUT2D eigenvalue weighted by atomic mass is 10.1. The van der Waals surface area contributed by atoms with E-state index < -0.39 is 17.3 Å². The minimum Gasteiger partial charge on any atom is -0.349 e. The van der Waals surface area contributed by atoms with Gasteiger partial charge in [-0.2, -0.15) is 0 Å². The van der Waals surface area contributed by atoms with Crippen molar-refractivity contribution in [3.05, 3.63) is 92.1 Å². The van der Waals surface area contributed by atoms with E-state index in [9.17, 15) is 18.8 Å². The van der Waals surface area contributed by atoms with E-state index in [0.29, 0.717) is 5.56 Å². The van der Waals surface area contributed by atoms with Crippen LogP contribution in [-0.4, -0.2) is 22.4 Å². The number of benzene rings is 2. The van der Waals surface area contributed by atoms with Crippen LogP contribution in [0.15, 0.2) is 59.5 Å². The fourth-order valence-corrected chi connectivity index (χ4v) is 3.39. The lowest BCUT2D eigenvalue weighted by Gasteiger charge is -2.12. The summed E-state index contributed by atoms with van der Waals surface area (Å²) in [5.74, 6) is -1.55. The molecule has 3 aromatic rings. The summed E-state index contributed by atoms with van der Waals surface area (Å²) in [5, 5.41) is 5.75. The van der Waals surface area contributed by atoms with Crippen LogP contribution in [0.4, 0.5) is 10.1 Å². The van der Waals surface area contributed by atoms with Gasteiger partial charge in [0.05, 0.1) is 21.3 Å². The third-order valence-corrected chi connectivity index (χ3v) is 5.38. The highest BCUT2D eigenvalue weighted by Crippen LogP contribution is 2.26. The molecule has 0 aliphatic heterocycles. The van der Waals surface area contributed by atoms with E-state index in [1.165, 1.54) is 42.6 Å². The van der Waals surface area contributed by atoms with Crippen molar-refractivity contribution in [3.63, 3.8) is 0 Å². The molecule has 1 saturated carbocycles. The van der Waals surface area contributed by atoms with Gasteiger partial charge in [-0.1, -0.05) is 29.3 Å². The molecule has 9 heteroatoms. The number of para-hydroxylation sites is 1. The van der Waals surface area contributed by atoms with Gasteiger partial charge in [0.1, 0.15) is 11.5 Å². The number of carbonyl (C=O) groups is 2. The zero-order valence-corrected chi connectivity index (χ0v) is 17.5. The predicted molar refractivity (Wildman–Crippen MR) is 117 cm³/mol. The van der Waals surface area contributed by atoms with Gasteiger partial charge in [0.2, 0.25) is 0 Å². The molecule has 2 aromatic carbocycles. The largest absolute Gasteiger partial charge is 0.349 e. The van der Waals surface area contributed by atoms with Gasteiger partial charge in [0.15, 0.2) is 0 Å². The van der Waals surface area contributed by atoms with Crippen LogP contribution < -0.4 is 16.2 Å². The molecule has 1 aliphatic rings.